The topological polar surface area (TPSA) is 26.3 Å². The Bertz CT molecular complexity index is 361. The second-order valence-electron chi connectivity index (χ2n) is 3.00. The van der Waals surface area contributed by atoms with Gasteiger partial charge >= 0.3 is 5.97 Å². The highest BCUT2D eigenvalue weighted by Crippen LogP contribution is 2.15. The van der Waals surface area contributed by atoms with Gasteiger partial charge in [0.2, 0.25) is 0 Å². The molecule has 1 aromatic rings. The van der Waals surface area contributed by atoms with E-state index >= 15 is 0 Å². The molecule has 0 atom stereocenters. The Morgan fingerprint density at radius 3 is 2.64 bits per heavy atom. The van der Waals surface area contributed by atoms with Crippen molar-refractivity contribution in [1.29, 1.82) is 0 Å². The molecule has 0 aliphatic rings. The first kappa shape index (κ1) is 10.6. The summed E-state index contributed by atoms with van der Waals surface area (Å²) in [6.45, 7) is 2.61. The van der Waals surface area contributed by atoms with Crippen molar-refractivity contribution in [2.75, 3.05) is 0 Å². The summed E-state index contributed by atoms with van der Waals surface area (Å²) in [7, 11) is 0. The van der Waals surface area contributed by atoms with E-state index in [0.717, 1.165) is 6.07 Å². The molecule has 0 radical (unpaired) electrons. The first-order valence-electron chi connectivity index (χ1n) is 4.08. The Kier molecular flexibility index (Phi) is 3.17. The van der Waals surface area contributed by atoms with Crippen molar-refractivity contribution in [3.63, 3.8) is 0 Å². The van der Waals surface area contributed by atoms with Gasteiger partial charge in [0.15, 0.2) is 11.6 Å². The van der Waals surface area contributed by atoms with Gasteiger partial charge < -0.3 is 4.74 Å². The van der Waals surface area contributed by atoms with Gasteiger partial charge in [-0.2, -0.15) is 0 Å². The van der Waals surface area contributed by atoms with Crippen molar-refractivity contribution in [2.24, 2.45) is 0 Å². The molecular formula is C10H10F2O2. The zero-order valence-electron chi connectivity index (χ0n) is 7.93. The van der Waals surface area contributed by atoms with Gasteiger partial charge in [0.05, 0.1) is 0 Å². The third kappa shape index (κ3) is 2.52. The smallest absolute Gasteiger partial charge is 0.302 e. The van der Waals surface area contributed by atoms with E-state index in [0.29, 0.717) is 5.56 Å². The van der Waals surface area contributed by atoms with Crippen molar-refractivity contribution in [3.05, 3.63) is 34.9 Å². The summed E-state index contributed by atoms with van der Waals surface area (Å²) in [4.78, 5) is 10.5. The van der Waals surface area contributed by atoms with E-state index in [1.165, 1.54) is 13.0 Å². The Morgan fingerprint density at radius 1 is 1.43 bits per heavy atom. The first-order chi connectivity index (χ1) is 6.50. The summed E-state index contributed by atoms with van der Waals surface area (Å²) in [6.07, 6.45) is 0. The standard InChI is InChI=1S/C10H10F2O2/c1-6-3-8(5-14-7(2)13)10(12)9(11)4-6/h3-4H,5H2,1-2H3. The van der Waals surface area contributed by atoms with Gasteiger partial charge in [0, 0.05) is 12.5 Å². The molecule has 1 aromatic carbocycles. The van der Waals surface area contributed by atoms with Crippen LogP contribution in [0.4, 0.5) is 8.78 Å². The Hall–Kier alpha value is -1.45. The summed E-state index contributed by atoms with van der Waals surface area (Å²) in [5, 5.41) is 0. The normalized spacial score (nSPS) is 10.0. The van der Waals surface area contributed by atoms with E-state index in [9.17, 15) is 13.6 Å². The van der Waals surface area contributed by atoms with E-state index in [-0.39, 0.29) is 12.2 Å². The van der Waals surface area contributed by atoms with Crippen LogP contribution in [0.15, 0.2) is 12.1 Å². The fourth-order valence-corrected chi connectivity index (χ4v) is 1.08. The molecule has 0 fully saturated rings. The van der Waals surface area contributed by atoms with Crippen molar-refractivity contribution in [3.8, 4) is 0 Å². The molecule has 14 heavy (non-hydrogen) atoms. The molecule has 76 valence electrons. The van der Waals surface area contributed by atoms with Gasteiger partial charge in [-0.3, -0.25) is 4.79 Å². The Labute approximate surface area is 80.5 Å². The Morgan fingerprint density at radius 2 is 2.07 bits per heavy atom. The average molecular weight is 200 g/mol. The fraction of sp³-hybridized carbons (Fsp3) is 0.300. The molecule has 0 aromatic heterocycles. The number of hydrogen-bond donors (Lipinski definition) is 0. The SMILES string of the molecule is CC(=O)OCc1cc(C)cc(F)c1F. The summed E-state index contributed by atoms with van der Waals surface area (Å²) in [5.41, 5.74) is 0.642. The first-order valence-corrected chi connectivity index (χ1v) is 4.08. The summed E-state index contributed by atoms with van der Waals surface area (Å²) in [5.74, 6) is -2.41. The van der Waals surface area contributed by atoms with Gasteiger partial charge in [-0.25, -0.2) is 8.78 Å². The predicted octanol–water partition coefficient (Wildman–Crippen LogP) is 2.34. The van der Waals surface area contributed by atoms with Crippen molar-refractivity contribution >= 4 is 5.97 Å². The van der Waals surface area contributed by atoms with Crippen LogP contribution < -0.4 is 0 Å². The summed E-state index contributed by atoms with van der Waals surface area (Å²) in [6, 6.07) is 2.54. The van der Waals surface area contributed by atoms with Crippen LogP contribution >= 0.6 is 0 Å². The fourth-order valence-electron chi connectivity index (χ4n) is 1.08. The lowest BCUT2D eigenvalue weighted by Crippen LogP contribution is -2.02. The highest BCUT2D eigenvalue weighted by Gasteiger charge is 2.10. The summed E-state index contributed by atoms with van der Waals surface area (Å²) < 4.78 is 30.5. The maximum atomic E-state index is 13.1. The number of ether oxygens (including phenoxy) is 1. The third-order valence-electron chi connectivity index (χ3n) is 1.68. The zero-order valence-corrected chi connectivity index (χ0v) is 7.93. The van der Waals surface area contributed by atoms with Gasteiger partial charge in [-0.15, -0.1) is 0 Å². The molecule has 0 heterocycles. The lowest BCUT2D eigenvalue weighted by Gasteiger charge is -2.05. The average Bonchev–Trinajstić information content (AvgIpc) is 2.08. The molecule has 0 saturated carbocycles. The van der Waals surface area contributed by atoms with E-state index in [2.05, 4.69) is 4.74 Å². The predicted molar refractivity (Wildman–Crippen MR) is 46.6 cm³/mol. The van der Waals surface area contributed by atoms with E-state index in [1.807, 2.05) is 0 Å². The summed E-state index contributed by atoms with van der Waals surface area (Å²) >= 11 is 0. The van der Waals surface area contributed by atoms with E-state index < -0.39 is 17.6 Å². The molecule has 0 saturated heterocycles. The lowest BCUT2D eigenvalue weighted by atomic mass is 10.1. The monoisotopic (exact) mass is 200 g/mol. The van der Waals surface area contributed by atoms with E-state index in [4.69, 9.17) is 0 Å². The molecule has 0 N–H and O–H groups in total. The largest absolute Gasteiger partial charge is 0.461 e. The second kappa shape index (κ2) is 4.17. The van der Waals surface area contributed by atoms with Gasteiger partial charge in [-0.05, 0) is 24.6 Å². The van der Waals surface area contributed by atoms with Crippen LogP contribution in [0.25, 0.3) is 0 Å². The molecule has 0 bridgehead atoms. The molecule has 0 aliphatic carbocycles. The third-order valence-corrected chi connectivity index (χ3v) is 1.68. The number of esters is 1. The zero-order chi connectivity index (χ0) is 10.7. The number of hydrogen-bond acceptors (Lipinski definition) is 2. The highest BCUT2D eigenvalue weighted by molar-refractivity contribution is 5.65. The van der Waals surface area contributed by atoms with Gasteiger partial charge in [0.1, 0.15) is 6.61 Å². The van der Waals surface area contributed by atoms with Crippen LogP contribution in [0.3, 0.4) is 0 Å². The number of carbonyl (C=O) groups is 1. The van der Waals surface area contributed by atoms with Crippen LogP contribution in [-0.4, -0.2) is 5.97 Å². The Balaban J connectivity index is 2.90. The lowest BCUT2D eigenvalue weighted by molar-refractivity contribution is -0.142. The van der Waals surface area contributed by atoms with E-state index in [1.54, 1.807) is 6.92 Å². The van der Waals surface area contributed by atoms with Crippen LogP contribution in [-0.2, 0) is 16.1 Å². The van der Waals surface area contributed by atoms with Gasteiger partial charge in [0.25, 0.3) is 0 Å². The maximum Gasteiger partial charge on any atom is 0.302 e. The second-order valence-corrected chi connectivity index (χ2v) is 3.00. The molecule has 0 spiro atoms. The van der Waals surface area contributed by atoms with Crippen LogP contribution in [0, 0.1) is 18.6 Å². The molecule has 0 aliphatic heterocycles. The molecule has 1 rings (SSSR count). The number of carbonyl (C=O) groups excluding carboxylic acids is 1. The molecular weight excluding hydrogens is 190 g/mol. The van der Waals surface area contributed by atoms with Crippen LogP contribution in [0.5, 0.6) is 0 Å². The van der Waals surface area contributed by atoms with Crippen molar-refractivity contribution in [2.45, 2.75) is 20.5 Å². The number of benzene rings is 1. The van der Waals surface area contributed by atoms with Gasteiger partial charge in [-0.1, -0.05) is 0 Å². The van der Waals surface area contributed by atoms with Crippen LogP contribution in [0.1, 0.15) is 18.1 Å². The maximum absolute atomic E-state index is 13.1. The minimum absolute atomic E-state index is 0.0534. The minimum atomic E-state index is -0.961. The molecule has 0 amide bonds. The molecule has 0 unspecified atom stereocenters. The number of rotatable bonds is 2. The quantitative estimate of drug-likeness (QED) is 0.685. The highest BCUT2D eigenvalue weighted by atomic mass is 19.2. The number of aryl methyl sites for hydroxylation is 1. The van der Waals surface area contributed by atoms with Crippen molar-refractivity contribution in [1.82, 2.24) is 0 Å². The van der Waals surface area contributed by atoms with Crippen LogP contribution in [0.2, 0.25) is 0 Å². The van der Waals surface area contributed by atoms with Crippen molar-refractivity contribution < 1.29 is 18.3 Å². The molecule has 4 heteroatoms. The number of halogens is 2. The molecule has 2 nitrogen and oxygen atoms in total. The minimum Gasteiger partial charge on any atom is -0.461 e.